The maximum Gasteiger partial charge on any atom is 0.292 e. The molecule has 0 heterocycles. The molecule has 0 atom stereocenters. The predicted octanol–water partition coefficient (Wildman–Crippen LogP) is 1.89. The highest BCUT2D eigenvalue weighted by atomic mass is 16.6. The second-order valence-electron chi connectivity index (χ2n) is 5.30. The Labute approximate surface area is 112 Å². The van der Waals surface area contributed by atoms with E-state index in [1.54, 1.807) is 11.9 Å². The van der Waals surface area contributed by atoms with Crippen LogP contribution in [0.4, 0.5) is 11.4 Å². The molecular weight excluding hydrogens is 244 g/mol. The zero-order chi connectivity index (χ0) is 14.6. The number of hydrogen-bond acceptors (Lipinski definition) is 5. The first kappa shape index (κ1) is 14.9. The fourth-order valence-corrected chi connectivity index (χ4v) is 1.84. The molecule has 0 fully saturated rings. The molecule has 6 heteroatoms. The number of hydrogen-bond donors (Lipinski definition) is 1. The zero-order valence-corrected chi connectivity index (χ0v) is 11.4. The van der Waals surface area contributed by atoms with Crippen LogP contribution in [0.15, 0.2) is 18.2 Å². The number of nitro benzene ring substituents is 1. The molecule has 19 heavy (non-hydrogen) atoms. The molecule has 0 aliphatic carbocycles. The van der Waals surface area contributed by atoms with Gasteiger partial charge in [0.2, 0.25) is 0 Å². The Morgan fingerprint density at radius 1 is 1.53 bits per heavy atom. The minimum Gasteiger partial charge on any atom is -0.368 e. The smallest absolute Gasteiger partial charge is 0.292 e. The Balaban J connectivity index is 3.16. The highest BCUT2D eigenvalue weighted by Gasteiger charge is 2.23. The first-order valence-corrected chi connectivity index (χ1v) is 5.90. The number of rotatable bonds is 5. The molecule has 6 nitrogen and oxygen atoms in total. The van der Waals surface area contributed by atoms with Crippen LogP contribution in [-0.4, -0.2) is 25.1 Å². The summed E-state index contributed by atoms with van der Waals surface area (Å²) in [5.74, 6) is 0. The molecule has 0 spiro atoms. The molecule has 1 aromatic carbocycles. The van der Waals surface area contributed by atoms with Crippen LogP contribution in [-0.2, 0) is 0 Å². The fourth-order valence-electron chi connectivity index (χ4n) is 1.84. The quantitative estimate of drug-likeness (QED) is 0.645. The lowest BCUT2D eigenvalue weighted by molar-refractivity contribution is -0.384. The Morgan fingerprint density at radius 2 is 2.16 bits per heavy atom. The molecule has 1 aromatic rings. The van der Waals surface area contributed by atoms with Gasteiger partial charge in [0.25, 0.3) is 5.69 Å². The van der Waals surface area contributed by atoms with Crippen LogP contribution < -0.4 is 10.6 Å². The average molecular weight is 262 g/mol. The van der Waals surface area contributed by atoms with E-state index in [0.717, 1.165) is 0 Å². The Bertz CT molecular complexity index is 520. The molecule has 0 bridgehead atoms. The van der Waals surface area contributed by atoms with Gasteiger partial charge >= 0.3 is 0 Å². The lowest BCUT2D eigenvalue weighted by Crippen LogP contribution is -2.37. The third kappa shape index (κ3) is 3.66. The monoisotopic (exact) mass is 262 g/mol. The van der Waals surface area contributed by atoms with Crippen molar-refractivity contribution >= 4 is 11.4 Å². The maximum atomic E-state index is 11.0. The van der Waals surface area contributed by atoms with Crippen LogP contribution >= 0.6 is 0 Å². The van der Waals surface area contributed by atoms with Gasteiger partial charge in [-0.25, -0.2) is 0 Å². The summed E-state index contributed by atoms with van der Waals surface area (Å²) >= 11 is 0. The molecule has 102 valence electrons. The molecule has 0 saturated heterocycles. The van der Waals surface area contributed by atoms with E-state index in [0.29, 0.717) is 24.3 Å². The molecular formula is C13H18N4O2. The van der Waals surface area contributed by atoms with Crippen LogP contribution in [0.2, 0.25) is 0 Å². The minimum absolute atomic E-state index is 0.00526. The molecule has 0 radical (unpaired) electrons. The van der Waals surface area contributed by atoms with Gasteiger partial charge in [-0.2, -0.15) is 5.26 Å². The summed E-state index contributed by atoms with van der Waals surface area (Å²) in [6.45, 7) is 5.02. The van der Waals surface area contributed by atoms with Gasteiger partial charge in [0.05, 0.1) is 16.6 Å². The van der Waals surface area contributed by atoms with Crippen LogP contribution in [0, 0.1) is 26.9 Å². The fraction of sp³-hybridized carbons (Fsp3) is 0.462. The summed E-state index contributed by atoms with van der Waals surface area (Å²) in [4.78, 5) is 12.4. The highest BCUT2D eigenvalue weighted by molar-refractivity contribution is 5.65. The number of nitrogens with two attached hydrogens (primary N) is 1. The second-order valence-corrected chi connectivity index (χ2v) is 5.30. The SMILES string of the molecule is CN(CC(C)(C)CN)c1cc(C#N)ccc1[N+](=O)[O-]. The number of anilines is 1. The van der Waals surface area contributed by atoms with E-state index in [9.17, 15) is 10.1 Å². The lowest BCUT2D eigenvalue weighted by Gasteiger charge is -2.30. The van der Waals surface area contributed by atoms with Crippen molar-refractivity contribution in [3.63, 3.8) is 0 Å². The Hall–Kier alpha value is -2.13. The van der Waals surface area contributed by atoms with Crippen molar-refractivity contribution in [2.24, 2.45) is 11.1 Å². The van der Waals surface area contributed by atoms with Gasteiger partial charge in [0, 0.05) is 19.7 Å². The van der Waals surface area contributed by atoms with Gasteiger partial charge in [-0.1, -0.05) is 13.8 Å². The maximum absolute atomic E-state index is 11.0. The standard InChI is InChI=1S/C13H18N4O2/c1-13(2,8-15)9-16(3)12-6-10(7-14)4-5-11(12)17(18)19/h4-6H,8-9,15H2,1-3H3. The van der Waals surface area contributed by atoms with E-state index in [1.807, 2.05) is 19.9 Å². The van der Waals surface area contributed by atoms with E-state index < -0.39 is 4.92 Å². The molecule has 0 aliphatic heterocycles. The van der Waals surface area contributed by atoms with Crippen LogP contribution in [0.5, 0.6) is 0 Å². The van der Waals surface area contributed by atoms with Crippen molar-refractivity contribution in [2.75, 3.05) is 25.0 Å². The van der Waals surface area contributed by atoms with Crippen molar-refractivity contribution < 1.29 is 4.92 Å². The summed E-state index contributed by atoms with van der Waals surface area (Å²) in [6.07, 6.45) is 0. The molecule has 0 amide bonds. The number of nitriles is 1. The zero-order valence-electron chi connectivity index (χ0n) is 11.4. The summed E-state index contributed by atoms with van der Waals surface area (Å²) in [7, 11) is 1.76. The summed E-state index contributed by atoms with van der Waals surface area (Å²) in [6, 6.07) is 6.33. The Kier molecular flexibility index (Phi) is 4.46. The number of nitro groups is 1. The van der Waals surface area contributed by atoms with Crippen molar-refractivity contribution in [1.82, 2.24) is 0 Å². The van der Waals surface area contributed by atoms with Crippen molar-refractivity contribution in [3.05, 3.63) is 33.9 Å². The summed E-state index contributed by atoms with van der Waals surface area (Å²) in [5.41, 5.74) is 6.34. The van der Waals surface area contributed by atoms with Crippen molar-refractivity contribution in [2.45, 2.75) is 13.8 Å². The number of nitrogens with zero attached hydrogens (tertiary/aromatic N) is 3. The molecule has 1 rings (SSSR count). The largest absolute Gasteiger partial charge is 0.368 e. The van der Waals surface area contributed by atoms with E-state index in [-0.39, 0.29) is 11.1 Å². The Morgan fingerprint density at radius 3 is 2.63 bits per heavy atom. The minimum atomic E-state index is -0.442. The first-order chi connectivity index (χ1) is 8.80. The predicted molar refractivity (Wildman–Crippen MR) is 73.9 cm³/mol. The molecule has 0 saturated carbocycles. The average Bonchev–Trinajstić information content (AvgIpc) is 2.37. The van der Waals surface area contributed by atoms with Gasteiger partial charge in [-0.05, 0) is 24.1 Å². The van der Waals surface area contributed by atoms with E-state index in [2.05, 4.69) is 0 Å². The first-order valence-electron chi connectivity index (χ1n) is 5.90. The number of benzene rings is 1. The van der Waals surface area contributed by atoms with E-state index in [4.69, 9.17) is 11.0 Å². The third-order valence-corrected chi connectivity index (χ3v) is 2.93. The van der Waals surface area contributed by atoms with Gasteiger partial charge in [0.15, 0.2) is 0 Å². The van der Waals surface area contributed by atoms with Crippen molar-refractivity contribution in [3.8, 4) is 6.07 Å². The van der Waals surface area contributed by atoms with E-state index >= 15 is 0 Å². The summed E-state index contributed by atoms with van der Waals surface area (Å²) in [5, 5.41) is 19.9. The van der Waals surface area contributed by atoms with Crippen LogP contribution in [0.25, 0.3) is 0 Å². The topological polar surface area (TPSA) is 96.2 Å². The molecule has 0 unspecified atom stereocenters. The second kappa shape index (κ2) is 5.67. The van der Waals surface area contributed by atoms with Crippen LogP contribution in [0.3, 0.4) is 0 Å². The molecule has 2 N–H and O–H groups in total. The molecule has 0 aliphatic rings. The van der Waals surface area contributed by atoms with Crippen LogP contribution in [0.1, 0.15) is 19.4 Å². The third-order valence-electron chi connectivity index (χ3n) is 2.93. The van der Waals surface area contributed by atoms with Gasteiger partial charge < -0.3 is 10.6 Å². The van der Waals surface area contributed by atoms with Gasteiger partial charge in [0.1, 0.15) is 5.69 Å². The molecule has 0 aromatic heterocycles. The highest BCUT2D eigenvalue weighted by Crippen LogP contribution is 2.30. The van der Waals surface area contributed by atoms with Gasteiger partial charge in [-0.3, -0.25) is 10.1 Å². The summed E-state index contributed by atoms with van der Waals surface area (Å²) < 4.78 is 0. The van der Waals surface area contributed by atoms with Crippen molar-refractivity contribution in [1.29, 1.82) is 5.26 Å². The lowest BCUT2D eigenvalue weighted by atomic mass is 9.93. The van der Waals surface area contributed by atoms with Gasteiger partial charge in [-0.15, -0.1) is 0 Å². The normalized spacial score (nSPS) is 10.9. The van der Waals surface area contributed by atoms with E-state index in [1.165, 1.54) is 18.2 Å².